The molecule has 2 aromatic carbocycles. The van der Waals surface area contributed by atoms with Gasteiger partial charge in [-0.1, -0.05) is 18.2 Å². The van der Waals surface area contributed by atoms with Crippen LogP contribution in [0.1, 0.15) is 12.5 Å². The zero-order valence-electron chi connectivity index (χ0n) is 14.1. The van der Waals surface area contributed by atoms with Gasteiger partial charge in [0.1, 0.15) is 11.6 Å². The Morgan fingerprint density at radius 2 is 1.96 bits per heavy atom. The van der Waals surface area contributed by atoms with Gasteiger partial charge in [-0.3, -0.25) is 9.52 Å². The van der Waals surface area contributed by atoms with Crippen LogP contribution in [-0.4, -0.2) is 26.7 Å². The summed E-state index contributed by atoms with van der Waals surface area (Å²) >= 11 is 3.18. The number of carbonyl (C=O) groups is 1. The normalized spacial score (nSPS) is 12.3. The van der Waals surface area contributed by atoms with Crippen molar-refractivity contribution < 1.29 is 22.3 Å². The summed E-state index contributed by atoms with van der Waals surface area (Å²) in [5.74, 6) is -0.472. The molecule has 0 aliphatic carbocycles. The number of hydrogen-bond donors (Lipinski definition) is 2. The second-order valence-corrected chi connectivity index (χ2v) is 8.19. The molecule has 0 radical (unpaired) electrons. The molecule has 6 nitrogen and oxygen atoms in total. The van der Waals surface area contributed by atoms with Crippen molar-refractivity contribution in [3.05, 3.63) is 58.3 Å². The quantitative estimate of drug-likeness (QED) is 0.687. The molecule has 0 saturated heterocycles. The van der Waals surface area contributed by atoms with E-state index in [2.05, 4.69) is 26.0 Å². The standard InChI is InChI=1S/C17H18BrFN2O4S/c1-11(25-16-8-7-13(19)9-14(16)18)17(22)20-10-12-5-3-4-6-15(12)21-26(2,23)24/h3-9,11,21H,10H2,1-2H3,(H,20,22). The molecule has 0 saturated carbocycles. The minimum Gasteiger partial charge on any atom is -0.480 e. The van der Waals surface area contributed by atoms with Crippen LogP contribution in [0.15, 0.2) is 46.9 Å². The Morgan fingerprint density at radius 1 is 1.27 bits per heavy atom. The van der Waals surface area contributed by atoms with Crippen LogP contribution in [0.5, 0.6) is 5.75 Å². The summed E-state index contributed by atoms with van der Waals surface area (Å²) in [6.07, 6.45) is 0.227. The summed E-state index contributed by atoms with van der Waals surface area (Å²) in [6.45, 7) is 1.68. The van der Waals surface area contributed by atoms with Gasteiger partial charge in [-0.2, -0.15) is 0 Å². The highest BCUT2D eigenvalue weighted by Crippen LogP contribution is 2.26. The lowest BCUT2D eigenvalue weighted by Crippen LogP contribution is -2.36. The number of anilines is 1. The number of nitrogens with one attached hydrogen (secondary N) is 2. The molecule has 1 unspecified atom stereocenters. The van der Waals surface area contributed by atoms with Gasteiger partial charge < -0.3 is 10.1 Å². The summed E-state index contributed by atoms with van der Waals surface area (Å²) in [6, 6.07) is 10.6. The molecule has 1 atom stereocenters. The Kier molecular flexibility index (Phi) is 6.60. The van der Waals surface area contributed by atoms with Crippen LogP contribution < -0.4 is 14.8 Å². The first kappa shape index (κ1) is 20.2. The van der Waals surface area contributed by atoms with E-state index in [1.165, 1.54) is 18.2 Å². The minimum atomic E-state index is -3.43. The SMILES string of the molecule is CC(Oc1ccc(F)cc1Br)C(=O)NCc1ccccc1NS(C)(=O)=O. The van der Waals surface area contributed by atoms with E-state index in [0.717, 1.165) is 6.26 Å². The highest BCUT2D eigenvalue weighted by atomic mass is 79.9. The average molecular weight is 445 g/mol. The van der Waals surface area contributed by atoms with Gasteiger partial charge in [0.25, 0.3) is 5.91 Å². The summed E-state index contributed by atoms with van der Waals surface area (Å²) in [4.78, 5) is 12.2. The third-order valence-electron chi connectivity index (χ3n) is 3.33. The van der Waals surface area contributed by atoms with Crippen LogP contribution in [0, 0.1) is 5.82 Å². The molecule has 0 aromatic heterocycles. The first-order valence-electron chi connectivity index (χ1n) is 7.61. The summed E-state index contributed by atoms with van der Waals surface area (Å²) in [5.41, 5.74) is 1.01. The zero-order valence-corrected chi connectivity index (χ0v) is 16.5. The Hall–Kier alpha value is -2.13. The fourth-order valence-corrected chi connectivity index (χ4v) is 3.16. The fraction of sp³-hybridized carbons (Fsp3) is 0.235. The zero-order chi connectivity index (χ0) is 19.3. The van der Waals surface area contributed by atoms with Crippen molar-refractivity contribution >= 4 is 37.5 Å². The molecule has 0 heterocycles. The van der Waals surface area contributed by atoms with Crippen LogP contribution in [0.25, 0.3) is 0 Å². The molecule has 2 N–H and O–H groups in total. The second kappa shape index (κ2) is 8.50. The lowest BCUT2D eigenvalue weighted by atomic mass is 10.2. The molecule has 26 heavy (non-hydrogen) atoms. The lowest BCUT2D eigenvalue weighted by molar-refractivity contribution is -0.127. The number of carbonyl (C=O) groups excluding carboxylic acids is 1. The van der Waals surface area contributed by atoms with Gasteiger partial charge in [0.05, 0.1) is 16.4 Å². The van der Waals surface area contributed by atoms with E-state index < -0.39 is 27.9 Å². The molecular formula is C17H18BrFN2O4S. The molecule has 0 aliphatic heterocycles. The summed E-state index contributed by atoms with van der Waals surface area (Å²) in [5, 5.41) is 2.69. The molecule has 0 spiro atoms. The van der Waals surface area contributed by atoms with Gasteiger partial charge in [0.2, 0.25) is 10.0 Å². The Bertz CT molecular complexity index is 905. The molecule has 2 rings (SSSR count). The molecule has 140 valence electrons. The monoisotopic (exact) mass is 444 g/mol. The van der Waals surface area contributed by atoms with Crippen LogP contribution in [-0.2, 0) is 21.4 Å². The maximum Gasteiger partial charge on any atom is 0.261 e. The predicted molar refractivity (Wildman–Crippen MR) is 101 cm³/mol. The first-order chi connectivity index (χ1) is 12.2. The van der Waals surface area contributed by atoms with Gasteiger partial charge in [-0.15, -0.1) is 0 Å². The maximum absolute atomic E-state index is 13.1. The van der Waals surface area contributed by atoms with Crippen molar-refractivity contribution in [1.82, 2.24) is 5.32 Å². The van der Waals surface area contributed by atoms with Crippen molar-refractivity contribution in [3.63, 3.8) is 0 Å². The average Bonchev–Trinajstić information content (AvgIpc) is 2.54. The van der Waals surface area contributed by atoms with Gasteiger partial charge >= 0.3 is 0 Å². The Balaban J connectivity index is 2.00. The number of halogens is 2. The number of benzene rings is 2. The van der Waals surface area contributed by atoms with E-state index in [-0.39, 0.29) is 6.54 Å². The summed E-state index contributed by atoms with van der Waals surface area (Å²) < 4.78 is 44.2. The molecule has 0 aliphatic rings. The van der Waals surface area contributed by atoms with E-state index in [1.54, 1.807) is 31.2 Å². The molecule has 1 amide bonds. The van der Waals surface area contributed by atoms with Gasteiger partial charge in [0.15, 0.2) is 6.10 Å². The number of ether oxygens (including phenoxy) is 1. The third-order valence-corrected chi connectivity index (χ3v) is 4.54. The maximum atomic E-state index is 13.1. The highest BCUT2D eigenvalue weighted by Gasteiger charge is 2.17. The smallest absolute Gasteiger partial charge is 0.261 e. The lowest BCUT2D eigenvalue weighted by Gasteiger charge is -2.17. The largest absolute Gasteiger partial charge is 0.480 e. The predicted octanol–water partition coefficient (Wildman–Crippen LogP) is 3.04. The fourth-order valence-electron chi connectivity index (χ4n) is 2.11. The van der Waals surface area contributed by atoms with E-state index in [4.69, 9.17) is 4.74 Å². The number of rotatable bonds is 7. The summed E-state index contributed by atoms with van der Waals surface area (Å²) in [7, 11) is -3.43. The van der Waals surface area contributed by atoms with Crippen LogP contribution in [0.3, 0.4) is 0 Å². The number of para-hydroxylation sites is 1. The van der Waals surface area contributed by atoms with Crippen molar-refractivity contribution in [3.8, 4) is 5.75 Å². The minimum absolute atomic E-state index is 0.121. The number of sulfonamides is 1. The molecule has 2 aromatic rings. The number of hydrogen-bond acceptors (Lipinski definition) is 4. The topological polar surface area (TPSA) is 84.5 Å². The number of amides is 1. The Morgan fingerprint density at radius 3 is 2.62 bits per heavy atom. The Labute approximate surface area is 159 Å². The van der Waals surface area contributed by atoms with E-state index >= 15 is 0 Å². The molecule has 0 bridgehead atoms. The van der Waals surface area contributed by atoms with E-state index in [1.807, 2.05) is 0 Å². The van der Waals surface area contributed by atoms with Crippen LogP contribution in [0.4, 0.5) is 10.1 Å². The van der Waals surface area contributed by atoms with Crippen molar-refractivity contribution in [2.45, 2.75) is 19.6 Å². The van der Waals surface area contributed by atoms with Gasteiger partial charge in [-0.05, 0) is 52.7 Å². The molecular weight excluding hydrogens is 427 g/mol. The van der Waals surface area contributed by atoms with Crippen LogP contribution >= 0.6 is 15.9 Å². The third kappa shape index (κ3) is 5.99. The van der Waals surface area contributed by atoms with E-state index in [0.29, 0.717) is 21.5 Å². The first-order valence-corrected chi connectivity index (χ1v) is 10.3. The van der Waals surface area contributed by atoms with Crippen molar-refractivity contribution in [2.75, 3.05) is 11.0 Å². The van der Waals surface area contributed by atoms with Crippen molar-refractivity contribution in [1.29, 1.82) is 0 Å². The highest BCUT2D eigenvalue weighted by molar-refractivity contribution is 9.10. The van der Waals surface area contributed by atoms with Gasteiger partial charge in [0, 0.05) is 6.54 Å². The van der Waals surface area contributed by atoms with Crippen molar-refractivity contribution in [2.24, 2.45) is 0 Å². The molecule has 9 heteroatoms. The van der Waals surface area contributed by atoms with Gasteiger partial charge in [-0.25, -0.2) is 12.8 Å². The van der Waals surface area contributed by atoms with E-state index in [9.17, 15) is 17.6 Å². The van der Waals surface area contributed by atoms with Crippen LogP contribution in [0.2, 0.25) is 0 Å². The molecule has 0 fully saturated rings. The second-order valence-electron chi connectivity index (χ2n) is 5.58.